The van der Waals surface area contributed by atoms with Crippen LogP contribution in [0.1, 0.15) is 25.7 Å². The second kappa shape index (κ2) is 10.3. The number of carbonyl (C=O) groups excluding carboxylic acids is 1. The first-order valence-corrected chi connectivity index (χ1v) is 13.0. The van der Waals surface area contributed by atoms with E-state index in [0.29, 0.717) is 29.8 Å². The molecule has 3 aromatic rings. The van der Waals surface area contributed by atoms with Crippen LogP contribution in [0.2, 0.25) is 0 Å². The van der Waals surface area contributed by atoms with Gasteiger partial charge in [0.25, 0.3) is 0 Å². The third kappa shape index (κ3) is 5.56. The van der Waals surface area contributed by atoms with E-state index in [2.05, 4.69) is 20.5 Å². The molecule has 1 aliphatic heterocycles. The molecular formula is C22H25N5O3S2. The van der Waals surface area contributed by atoms with Gasteiger partial charge in [0.1, 0.15) is 0 Å². The number of thioether (sulfide) groups is 1. The zero-order chi connectivity index (χ0) is 22.4. The van der Waals surface area contributed by atoms with E-state index < -0.39 is 10.0 Å². The van der Waals surface area contributed by atoms with Gasteiger partial charge in [-0.05, 0) is 37.1 Å². The SMILES string of the molecule is O=C(CSc1n[nH]c(-c2ccccc2)n1)Nc1ccc(S(=O)(=O)N2CCCCCC2)cc1. The maximum Gasteiger partial charge on any atom is 0.243 e. The van der Waals surface area contributed by atoms with E-state index in [1.165, 1.54) is 11.8 Å². The van der Waals surface area contributed by atoms with Gasteiger partial charge >= 0.3 is 0 Å². The summed E-state index contributed by atoms with van der Waals surface area (Å²) in [6, 6.07) is 16.0. The van der Waals surface area contributed by atoms with Crippen LogP contribution >= 0.6 is 11.8 Å². The Morgan fingerprint density at radius 1 is 1.00 bits per heavy atom. The summed E-state index contributed by atoms with van der Waals surface area (Å²) in [5.41, 5.74) is 1.47. The molecule has 0 saturated carbocycles. The maximum atomic E-state index is 12.9. The second-order valence-corrected chi connectivity index (χ2v) is 10.4. The Morgan fingerprint density at radius 3 is 2.38 bits per heavy atom. The zero-order valence-electron chi connectivity index (χ0n) is 17.5. The van der Waals surface area contributed by atoms with E-state index in [0.717, 1.165) is 31.2 Å². The molecule has 0 unspecified atom stereocenters. The topological polar surface area (TPSA) is 108 Å². The molecule has 0 spiro atoms. The third-order valence-corrected chi connectivity index (χ3v) is 7.95. The first-order chi connectivity index (χ1) is 15.5. The molecule has 2 heterocycles. The van der Waals surface area contributed by atoms with Crippen LogP contribution < -0.4 is 5.32 Å². The number of H-pyrrole nitrogens is 1. The zero-order valence-corrected chi connectivity index (χ0v) is 19.2. The number of sulfonamides is 1. The van der Waals surface area contributed by atoms with Crippen LogP contribution in [0.4, 0.5) is 5.69 Å². The second-order valence-electron chi connectivity index (χ2n) is 7.51. The number of aromatic amines is 1. The standard InChI is InChI=1S/C22H25N5O3S2/c28-20(16-31-22-24-21(25-26-22)17-8-4-3-5-9-17)23-18-10-12-19(13-11-18)32(29,30)27-14-6-1-2-7-15-27/h3-5,8-13H,1-2,6-7,14-16H2,(H,23,28)(H,24,25,26). The molecule has 1 amide bonds. The molecular weight excluding hydrogens is 446 g/mol. The molecule has 0 bridgehead atoms. The van der Waals surface area contributed by atoms with Gasteiger partial charge in [-0.25, -0.2) is 13.4 Å². The lowest BCUT2D eigenvalue weighted by Gasteiger charge is -2.20. The summed E-state index contributed by atoms with van der Waals surface area (Å²) in [5.74, 6) is 0.568. The van der Waals surface area contributed by atoms with E-state index in [1.807, 2.05) is 30.3 Å². The summed E-state index contributed by atoms with van der Waals surface area (Å²) in [5, 5.41) is 10.3. The van der Waals surface area contributed by atoms with Crippen LogP contribution in [0.15, 0.2) is 64.6 Å². The van der Waals surface area contributed by atoms with Crippen molar-refractivity contribution in [3.05, 3.63) is 54.6 Å². The minimum atomic E-state index is -3.50. The van der Waals surface area contributed by atoms with Crippen molar-refractivity contribution in [3.63, 3.8) is 0 Å². The largest absolute Gasteiger partial charge is 0.325 e. The molecule has 8 nitrogen and oxygen atoms in total. The van der Waals surface area contributed by atoms with Crippen molar-refractivity contribution >= 4 is 33.4 Å². The lowest BCUT2D eigenvalue weighted by Crippen LogP contribution is -2.31. The van der Waals surface area contributed by atoms with Gasteiger partial charge in [0.2, 0.25) is 21.1 Å². The van der Waals surface area contributed by atoms with E-state index in [1.54, 1.807) is 28.6 Å². The number of aromatic nitrogens is 3. The number of nitrogens with zero attached hydrogens (tertiary/aromatic N) is 3. The summed E-state index contributed by atoms with van der Waals surface area (Å²) < 4.78 is 27.3. The number of hydrogen-bond acceptors (Lipinski definition) is 6. The van der Waals surface area contributed by atoms with Crippen molar-refractivity contribution in [3.8, 4) is 11.4 Å². The quantitative estimate of drug-likeness (QED) is 0.508. The van der Waals surface area contributed by atoms with E-state index in [-0.39, 0.29) is 16.6 Å². The molecule has 168 valence electrons. The predicted molar refractivity (Wildman–Crippen MR) is 125 cm³/mol. The highest BCUT2D eigenvalue weighted by molar-refractivity contribution is 7.99. The molecule has 1 aliphatic rings. The average Bonchev–Trinajstić information content (AvgIpc) is 3.11. The highest BCUT2D eigenvalue weighted by Crippen LogP contribution is 2.23. The lowest BCUT2D eigenvalue weighted by molar-refractivity contribution is -0.113. The van der Waals surface area contributed by atoms with Crippen molar-refractivity contribution in [2.75, 3.05) is 24.2 Å². The van der Waals surface area contributed by atoms with Gasteiger partial charge < -0.3 is 5.32 Å². The lowest BCUT2D eigenvalue weighted by atomic mass is 10.2. The van der Waals surface area contributed by atoms with Gasteiger partial charge in [-0.1, -0.05) is 54.9 Å². The molecule has 1 aromatic heterocycles. The molecule has 10 heteroatoms. The van der Waals surface area contributed by atoms with Crippen LogP contribution in [0.3, 0.4) is 0 Å². The highest BCUT2D eigenvalue weighted by atomic mass is 32.2. The summed E-state index contributed by atoms with van der Waals surface area (Å²) in [7, 11) is -3.50. The molecule has 2 N–H and O–H groups in total. The minimum Gasteiger partial charge on any atom is -0.325 e. The van der Waals surface area contributed by atoms with Crippen molar-refractivity contribution in [2.24, 2.45) is 0 Å². The summed E-state index contributed by atoms with van der Waals surface area (Å²) in [6.07, 6.45) is 3.91. The van der Waals surface area contributed by atoms with Gasteiger partial charge in [0, 0.05) is 24.3 Å². The number of amides is 1. The average molecular weight is 472 g/mol. The fourth-order valence-electron chi connectivity index (χ4n) is 3.50. The van der Waals surface area contributed by atoms with Crippen molar-refractivity contribution in [2.45, 2.75) is 35.7 Å². The Bertz CT molecular complexity index is 1140. The molecule has 0 aliphatic carbocycles. The molecule has 1 saturated heterocycles. The first kappa shape index (κ1) is 22.5. The van der Waals surface area contributed by atoms with E-state index >= 15 is 0 Å². The number of carbonyl (C=O) groups is 1. The monoisotopic (exact) mass is 471 g/mol. The Labute approximate surface area is 191 Å². The minimum absolute atomic E-state index is 0.139. The number of hydrogen-bond donors (Lipinski definition) is 2. The van der Waals surface area contributed by atoms with Crippen molar-refractivity contribution in [1.29, 1.82) is 0 Å². The Hall–Kier alpha value is -2.69. The maximum absolute atomic E-state index is 12.9. The fourth-order valence-corrected chi connectivity index (χ4v) is 5.62. The molecule has 32 heavy (non-hydrogen) atoms. The molecule has 0 radical (unpaired) electrons. The fraction of sp³-hybridized carbons (Fsp3) is 0.318. The Kier molecular flexibility index (Phi) is 7.23. The summed E-state index contributed by atoms with van der Waals surface area (Å²) in [6.45, 7) is 1.12. The predicted octanol–water partition coefficient (Wildman–Crippen LogP) is 3.77. The van der Waals surface area contributed by atoms with Crippen LogP contribution in [0.25, 0.3) is 11.4 Å². The molecule has 0 atom stereocenters. The van der Waals surface area contributed by atoms with Gasteiger partial charge in [0.15, 0.2) is 5.82 Å². The summed E-state index contributed by atoms with van der Waals surface area (Å²) in [4.78, 5) is 17.0. The van der Waals surface area contributed by atoms with Crippen LogP contribution in [-0.4, -0.2) is 52.7 Å². The molecule has 2 aromatic carbocycles. The first-order valence-electron chi connectivity index (χ1n) is 10.5. The normalized spacial score (nSPS) is 15.2. The van der Waals surface area contributed by atoms with E-state index in [9.17, 15) is 13.2 Å². The van der Waals surface area contributed by atoms with Gasteiger partial charge in [0.05, 0.1) is 10.6 Å². The van der Waals surface area contributed by atoms with Crippen molar-refractivity contribution < 1.29 is 13.2 Å². The van der Waals surface area contributed by atoms with Crippen molar-refractivity contribution in [1.82, 2.24) is 19.5 Å². The summed E-state index contributed by atoms with van der Waals surface area (Å²) >= 11 is 1.22. The number of benzene rings is 2. The third-order valence-electron chi connectivity index (χ3n) is 5.19. The number of nitrogens with one attached hydrogen (secondary N) is 2. The number of anilines is 1. The van der Waals surface area contributed by atoms with Gasteiger partial charge in [-0.15, -0.1) is 5.10 Å². The van der Waals surface area contributed by atoms with E-state index in [4.69, 9.17) is 0 Å². The Morgan fingerprint density at radius 2 is 1.69 bits per heavy atom. The van der Waals surface area contributed by atoms with Gasteiger partial charge in [-0.3, -0.25) is 9.89 Å². The van der Waals surface area contributed by atoms with Crippen LogP contribution in [0, 0.1) is 0 Å². The number of rotatable bonds is 7. The van der Waals surface area contributed by atoms with Gasteiger partial charge in [-0.2, -0.15) is 4.31 Å². The molecule has 1 fully saturated rings. The molecule has 4 rings (SSSR count). The smallest absolute Gasteiger partial charge is 0.243 e. The highest BCUT2D eigenvalue weighted by Gasteiger charge is 2.25. The van der Waals surface area contributed by atoms with Crippen LogP contribution in [0.5, 0.6) is 0 Å². The Balaban J connectivity index is 1.32. The van der Waals surface area contributed by atoms with Crippen LogP contribution in [-0.2, 0) is 14.8 Å².